The van der Waals surface area contributed by atoms with Crippen LogP contribution in [0.15, 0.2) is 49.1 Å². The molecular formula is C24H38Cl2N2O8. The fourth-order valence-corrected chi connectivity index (χ4v) is 3.39. The van der Waals surface area contributed by atoms with E-state index in [9.17, 15) is 0 Å². The largest absolute Gasteiger partial charge is 0.222 e. The Labute approximate surface area is 218 Å². The third kappa shape index (κ3) is 24.3. The standard InChI is InChI=1S/C24H38N2.2ClHO4/c1-3-5-7-9-11-17-25-19-13-23(14-20-25)24-15-21-26(22-16-24)18-12-10-8-6-4-2;2*2-1(3,4)5/h13-16,19-22H,3-12,17-18H2,1-2H3;2*(H,2,3,4,5)/q+2;;/p-2. The van der Waals surface area contributed by atoms with Crippen LogP contribution in [0.25, 0.3) is 11.1 Å². The summed E-state index contributed by atoms with van der Waals surface area (Å²) in [7, 11) is -9.89. The quantitative estimate of drug-likeness (QED) is 0.179. The predicted octanol–water partition coefficient (Wildman–Crippen LogP) is -3.64. The zero-order chi connectivity index (χ0) is 27.5. The van der Waals surface area contributed by atoms with Gasteiger partial charge < -0.3 is 0 Å². The molecule has 0 saturated carbocycles. The molecule has 0 aliphatic rings. The number of hydrogen-bond acceptors (Lipinski definition) is 8. The van der Waals surface area contributed by atoms with Crippen LogP contribution in [0.1, 0.15) is 78.1 Å². The van der Waals surface area contributed by atoms with E-state index in [1.807, 2.05) is 0 Å². The Morgan fingerprint density at radius 1 is 0.472 bits per heavy atom. The molecule has 12 heteroatoms. The van der Waals surface area contributed by atoms with Crippen LogP contribution in [0.5, 0.6) is 0 Å². The third-order valence-corrected chi connectivity index (χ3v) is 5.16. The molecule has 10 nitrogen and oxygen atoms in total. The fraction of sp³-hybridized carbons (Fsp3) is 0.583. The molecule has 0 atom stereocenters. The van der Waals surface area contributed by atoms with Crippen LogP contribution in [-0.2, 0) is 13.1 Å². The normalized spacial score (nSPS) is 11.3. The monoisotopic (exact) mass is 552 g/mol. The second kappa shape index (κ2) is 19.6. The number of nitrogens with zero attached hydrogens (tertiary/aromatic N) is 2. The summed E-state index contributed by atoms with van der Waals surface area (Å²) < 4.78 is 72.6. The number of aryl methyl sites for hydroxylation is 2. The van der Waals surface area contributed by atoms with Gasteiger partial charge in [0, 0.05) is 37.1 Å². The van der Waals surface area contributed by atoms with Gasteiger partial charge in [-0.1, -0.05) is 52.4 Å². The second-order valence-corrected chi connectivity index (χ2v) is 9.75. The van der Waals surface area contributed by atoms with Crippen molar-refractivity contribution >= 4 is 0 Å². The van der Waals surface area contributed by atoms with Gasteiger partial charge in [0.1, 0.15) is 13.1 Å². The van der Waals surface area contributed by atoms with Crippen LogP contribution < -0.4 is 46.4 Å². The first kappa shape index (κ1) is 34.6. The number of rotatable bonds is 13. The molecule has 2 rings (SSSR count). The van der Waals surface area contributed by atoms with E-state index in [-0.39, 0.29) is 0 Å². The summed E-state index contributed by atoms with van der Waals surface area (Å²) >= 11 is 0. The first-order valence-electron chi connectivity index (χ1n) is 12.1. The van der Waals surface area contributed by atoms with Crippen LogP contribution >= 0.6 is 0 Å². The summed E-state index contributed by atoms with van der Waals surface area (Å²) in [4.78, 5) is 0. The van der Waals surface area contributed by atoms with Crippen molar-refractivity contribution in [3.05, 3.63) is 49.1 Å². The maximum atomic E-state index is 8.49. The molecule has 2 heterocycles. The molecule has 0 aromatic carbocycles. The lowest BCUT2D eigenvalue weighted by molar-refractivity contribution is -2.00. The average molecular weight is 553 g/mol. The fourth-order valence-electron chi connectivity index (χ4n) is 3.39. The molecule has 0 unspecified atom stereocenters. The highest BCUT2D eigenvalue weighted by molar-refractivity contribution is 5.60. The van der Waals surface area contributed by atoms with Crippen molar-refractivity contribution in [1.82, 2.24) is 0 Å². The summed E-state index contributed by atoms with van der Waals surface area (Å²) in [5.74, 6) is 0. The van der Waals surface area contributed by atoms with Crippen molar-refractivity contribution in [2.45, 2.75) is 91.1 Å². The van der Waals surface area contributed by atoms with Gasteiger partial charge in [-0.05, 0) is 24.0 Å². The Hall–Kier alpha value is -1.44. The molecule has 2 aromatic rings. The Morgan fingerprint density at radius 3 is 0.972 bits per heavy atom. The molecule has 0 bridgehead atoms. The molecular weight excluding hydrogens is 515 g/mol. The van der Waals surface area contributed by atoms with Gasteiger partial charge in [0.15, 0.2) is 24.8 Å². The summed E-state index contributed by atoms with van der Waals surface area (Å²) in [6.45, 7) is 6.81. The summed E-state index contributed by atoms with van der Waals surface area (Å²) in [6, 6.07) is 8.99. The molecule has 0 aliphatic carbocycles. The highest BCUT2D eigenvalue weighted by Gasteiger charge is 2.06. The lowest BCUT2D eigenvalue weighted by Crippen LogP contribution is -2.68. The van der Waals surface area contributed by atoms with Crippen molar-refractivity contribution in [3.63, 3.8) is 0 Å². The smallest absolute Gasteiger partial charge is 0.169 e. The van der Waals surface area contributed by atoms with Gasteiger partial charge in [0.2, 0.25) is 0 Å². The van der Waals surface area contributed by atoms with Crippen molar-refractivity contribution in [3.8, 4) is 11.1 Å². The molecule has 0 fully saturated rings. The number of aromatic nitrogens is 2. The van der Waals surface area contributed by atoms with E-state index in [0.29, 0.717) is 0 Å². The van der Waals surface area contributed by atoms with E-state index < -0.39 is 20.5 Å². The van der Waals surface area contributed by atoms with Gasteiger partial charge in [-0.25, -0.2) is 46.4 Å². The molecule has 0 N–H and O–H groups in total. The van der Waals surface area contributed by atoms with Gasteiger partial charge in [0.25, 0.3) is 0 Å². The van der Waals surface area contributed by atoms with Crippen molar-refractivity contribution in [1.29, 1.82) is 0 Å². The Balaban J connectivity index is 0.00000104. The van der Waals surface area contributed by atoms with Crippen molar-refractivity contribution in [2.24, 2.45) is 0 Å². The van der Waals surface area contributed by atoms with Crippen LogP contribution in [0.4, 0.5) is 0 Å². The highest BCUT2D eigenvalue weighted by Crippen LogP contribution is 2.15. The van der Waals surface area contributed by atoms with Gasteiger partial charge in [0.05, 0.1) is 0 Å². The van der Waals surface area contributed by atoms with Crippen LogP contribution in [0, 0.1) is 20.5 Å². The van der Waals surface area contributed by atoms with E-state index in [1.165, 1.54) is 75.3 Å². The van der Waals surface area contributed by atoms with Gasteiger partial charge in [-0.15, -0.1) is 20.5 Å². The van der Waals surface area contributed by atoms with E-state index in [0.717, 1.165) is 13.1 Å². The van der Waals surface area contributed by atoms with Crippen LogP contribution in [0.2, 0.25) is 0 Å². The third-order valence-electron chi connectivity index (χ3n) is 5.16. The first-order valence-corrected chi connectivity index (χ1v) is 14.5. The highest BCUT2D eigenvalue weighted by atomic mass is 35.7. The van der Waals surface area contributed by atoms with Gasteiger partial charge in [-0.2, -0.15) is 0 Å². The zero-order valence-corrected chi connectivity index (χ0v) is 22.5. The minimum atomic E-state index is -4.94. The summed E-state index contributed by atoms with van der Waals surface area (Å²) in [5, 5.41) is 0. The van der Waals surface area contributed by atoms with Gasteiger partial charge in [-0.3, -0.25) is 0 Å². The van der Waals surface area contributed by atoms with E-state index in [4.69, 9.17) is 37.3 Å². The molecule has 36 heavy (non-hydrogen) atoms. The zero-order valence-electron chi connectivity index (χ0n) is 21.0. The number of unbranched alkanes of at least 4 members (excludes halogenated alkanes) is 8. The van der Waals surface area contributed by atoms with Crippen molar-refractivity contribution in [2.75, 3.05) is 0 Å². The molecule has 0 aliphatic heterocycles. The lowest BCUT2D eigenvalue weighted by atomic mass is 10.1. The number of pyridine rings is 2. The molecule has 2 aromatic heterocycles. The topological polar surface area (TPSA) is 192 Å². The average Bonchev–Trinajstić information content (AvgIpc) is 2.78. The maximum absolute atomic E-state index is 8.49. The maximum Gasteiger partial charge on any atom is 0.169 e. The van der Waals surface area contributed by atoms with E-state index in [2.05, 4.69) is 72.0 Å². The number of halogens is 2. The van der Waals surface area contributed by atoms with Crippen molar-refractivity contribution < 1.29 is 66.9 Å². The molecule has 206 valence electrons. The molecule has 0 amide bonds. The predicted molar refractivity (Wildman–Crippen MR) is 110 cm³/mol. The lowest BCUT2D eigenvalue weighted by Gasteiger charge is -2.17. The summed E-state index contributed by atoms with van der Waals surface area (Å²) in [6.07, 6.45) is 22.3. The van der Waals surface area contributed by atoms with Crippen LogP contribution in [-0.4, -0.2) is 0 Å². The summed E-state index contributed by atoms with van der Waals surface area (Å²) in [5.41, 5.74) is 2.62. The van der Waals surface area contributed by atoms with Crippen LogP contribution in [0.3, 0.4) is 0 Å². The molecule has 0 radical (unpaired) electrons. The minimum Gasteiger partial charge on any atom is -0.222 e. The SMILES string of the molecule is CCCCCCC[n+]1ccc(-c2cc[n+](CCCCCCC)cc2)cc1.[O-][Cl+3]([O-])([O-])[O-].[O-][Cl+3]([O-])([O-])[O-]. The minimum absolute atomic E-state index is 1.14. The number of hydrogen-bond donors (Lipinski definition) is 0. The van der Waals surface area contributed by atoms with E-state index in [1.54, 1.807) is 0 Å². The Kier molecular flexibility index (Phi) is 18.9. The first-order chi connectivity index (χ1) is 16.8. The van der Waals surface area contributed by atoms with E-state index >= 15 is 0 Å². The molecule has 0 saturated heterocycles. The Morgan fingerprint density at radius 2 is 0.722 bits per heavy atom. The second-order valence-electron chi connectivity index (χ2n) is 8.23. The molecule has 0 spiro atoms. The van der Waals surface area contributed by atoms with Gasteiger partial charge >= 0.3 is 0 Å². The Bertz CT molecular complexity index is 703.